The van der Waals surface area contributed by atoms with Crippen LogP contribution in [0.1, 0.15) is 46.0 Å². The SMILES string of the molecule is Cn1nc(C(C)(C)C)cc1C(C)(C)CO. The van der Waals surface area contributed by atoms with Gasteiger partial charge in [0.15, 0.2) is 0 Å². The van der Waals surface area contributed by atoms with Gasteiger partial charge in [-0.05, 0) is 6.07 Å². The molecule has 0 saturated carbocycles. The van der Waals surface area contributed by atoms with Gasteiger partial charge in [0.05, 0.1) is 12.3 Å². The summed E-state index contributed by atoms with van der Waals surface area (Å²) in [7, 11) is 1.93. The number of nitrogens with zero attached hydrogens (tertiary/aromatic N) is 2. The molecule has 1 N–H and O–H groups in total. The summed E-state index contributed by atoms with van der Waals surface area (Å²) in [6.45, 7) is 10.6. The van der Waals surface area contributed by atoms with Crippen molar-refractivity contribution in [2.75, 3.05) is 6.61 Å². The predicted molar refractivity (Wildman–Crippen MR) is 62.0 cm³/mol. The van der Waals surface area contributed by atoms with E-state index in [-0.39, 0.29) is 17.4 Å². The van der Waals surface area contributed by atoms with E-state index in [4.69, 9.17) is 0 Å². The van der Waals surface area contributed by atoms with Gasteiger partial charge >= 0.3 is 0 Å². The van der Waals surface area contributed by atoms with Crippen LogP contribution < -0.4 is 0 Å². The molecule has 0 atom stereocenters. The minimum absolute atomic E-state index is 0.0571. The Bertz CT molecular complexity index is 345. The summed E-state index contributed by atoms with van der Waals surface area (Å²) in [4.78, 5) is 0. The smallest absolute Gasteiger partial charge is 0.0681 e. The molecule has 0 unspecified atom stereocenters. The summed E-state index contributed by atoms with van der Waals surface area (Å²) in [5.74, 6) is 0. The molecule has 0 saturated heterocycles. The maximum atomic E-state index is 9.34. The molecule has 15 heavy (non-hydrogen) atoms. The molecule has 0 amide bonds. The third kappa shape index (κ3) is 2.40. The highest BCUT2D eigenvalue weighted by Gasteiger charge is 2.27. The summed E-state index contributed by atoms with van der Waals surface area (Å²) in [6.07, 6.45) is 0. The van der Waals surface area contributed by atoms with Gasteiger partial charge in [-0.25, -0.2) is 0 Å². The van der Waals surface area contributed by atoms with E-state index in [9.17, 15) is 5.11 Å². The predicted octanol–water partition coefficient (Wildman–Crippen LogP) is 1.99. The quantitative estimate of drug-likeness (QED) is 0.810. The Morgan fingerprint density at radius 2 is 1.80 bits per heavy atom. The van der Waals surface area contributed by atoms with Crippen molar-refractivity contribution in [2.24, 2.45) is 7.05 Å². The van der Waals surface area contributed by atoms with E-state index in [2.05, 4.69) is 31.9 Å². The van der Waals surface area contributed by atoms with Crippen LogP contribution in [0.25, 0.3) is 0 Å². The van der Waals surface area contributed by atoms with Crippen molar-refractivity contribution in [1.29, 1.82) is 0 Å². The minimum Gasteiger partial charge on any atom is -0.395 e. The molecule has 1 aromatic heterocycles. The van der Waals surface area contributed by atoms with Crippen LogP contribution in [0.3, 0.4) is 0 Å². The van der Waals surface area contributed by atoms with Crippen molar-refractivity contribution in [2.45, 2.75) is 45.4 Å². The van der Waals surface area contributed by atoms with Crippen LogP contribution in [0.2, 0.25) is 0 Å². The van der Waals surface area contributed by atoms with Crippen molar-refractivity contribution in [1.82, 2.24) is 9.78 Å². The Morgan fingerprint density at radius 1 is 1.27 bits per heavy atom. The van der Waals surface area contributed by atoms with Gasteiger partial charge in [-0.1, -0.05) is 34.6 Å². The molecule has 86 valence electrons. The molecular formula is C12H22N2O. The van der Waals surface area contributed by atoms with Crippen LogP contribution in [0, 0.1) is 0 Å². The average molecular weight is 210 g/mol. The lowest BCUT2D eigenvalue weighted by atomic mass is 9.87. The molecule has 0 spiro atoms. The zero-order valence-electron chi connectivity index (χ0n) is 10.6. The van der Waals surface area contributed by atoms with Crippen LogP contribution in [0.5, 0.6) is 0 Å². The molecule has 0 aromatic carbocycles. The highest BCUT2D eigenvalue weighted by molar-refractivity contribution is 5.23. The number of aromatic nitrogens is 2. The lowest BCUT2D eigenvalue weighted by molar-refractivity contribution is 0.211. The van der Waals surface area contributed by atoms with E-state index >= 15 is 0 Å². The summed E-state index contributed by atoms with van der Waals surface area (Å²) in [6, 6.07) is 2.09. The first-order chi connectivity index (χ1) is 6.68. The summed E-state index contributed by atoms with van der Waals surface area (Å²) in [5, 5.41) is 13.8. The molecule has 0 radical (unpaired) electrons. The zero-order chi connectivity index (χ0) is 11.9. The zero-order valence-corrected chi connectivity index (χ0v) is 10.6. The van der Waals surface area contributed by atoms with Crippen LogP contribution in [0.4, 0.5) is 0 Å². The number of hydrogen-bond acceptors (Lipinski definition) is 2. The number of aliphatic hydroxyl groups excluding tert-OH is 1. The first-order valence-corrected chi connectivity index (χ1v) is 5.34. The van der Waals surface area contributed by atoms with Gasteiger partial charge < -0.3 is 5.11 Å². The van der Waals surface area contributed by atoms with Crippen LogP contribution in [-0.4, -0.2) is 21.5 Å². The first-order valence-electron chi connectivity index (χ1n) is 5.34. The molecule has 3 nitrogen and oxygen atoms in total. The molecule has 0 aliphatic carbocycles. The van der Waals surface area contributed by atoms with Crippen molar-refractivity contribution < 1.29 is 5.11 Å². The van der Waals surface area contributed by atoms with Gasteiger partial charge in [0, 0.05) is 23.6 Å². The molecule has 1 heterocycles. The van der Waals surface area contributed by atoms with Crippen molar-refractivity contribution in [3.05, 3.63) is 17.5 Å². The maximum absolute atomic E-state index is 9.34. The average Bonchev–Trinajstić information content (AvgIpc) is 2.47. The molecule has 0 aliphatic heterocycles. The van der Waals surface area contributed by atoms with Crippen molar-refractivity contribution >= 4 is 0 Å². The molecule has 3 heteroatoms. The van der Waals surface area contributed by atoms with Gasteiger partial charge in [0.2, 0.25) is 0 Å². The summed E-state index contributed by atoms with van der Waals surface area (Å²) >= 11 is 0. The second-order valence-electron chi connectivity index (χ2n) is 5.83. The molecule has 0 aliphatic rings. The Balaban J connectivity index is 3.18. The summed E-state index contributed by atoms with van der Waals surface area (Å²) in [5.41, 5.74) is 1.98. The molecular weight excluding hydrogens is 188 g/mol. The number of aryl methyl sites for hydroxylation is 1. The van der Waals surface area contributed by atoms with E-state index in [1.807, 2.05) is 25.6 Å². The number of hydrogen-bond donors (Lipinski definition) is 1. The monoisotopic (exact) mass is 210 g/mol. The molecule has 0 fully saturated rings. The van der Waals surface area contributed by atoms with Gasteiger partial charge in [-0.2, -0.15) is 5.10 Å². The van der Waals surface area contributed by atoms with Crippen molar-refractivity contribution in [3.8, 4) is 0 Å². The van der Waals surface area contributed by atoms with Gasteiger partial charge in [0.25, 0.3) is 0 Å². The number of rotatable bonds is 2. The Morgan fingerprint density at radius 3 is 2.13 bits per heavy atom. The molecule has 1 rings (SSSR count). The highest BCUT2D eigenvalue weighted by Crippen LogP contribution is 2.27. The van der Waals surface area contributed by atoms with Crippen LogP contribution >= 0.6 is 0 Å². The van der Waals surface area contributed by atoms with Gasteiger partial charge in [0.1, 0.15) is 0 Å². The fourth-order valence-electron chi connectivity index (χ4n) is 1.55. The van der Waals surface area contributed by atoms with E-state index in [1.165, 1.54) is 0 Å². The van der Waals surface area contributed by atoms with Crippen LogP contribution in [-0.2, 0) is 17.9 Å². The Hall–Kier alpha value is -0.830. The number of aliphatic hydroxyl groups is 1. The molecule has 0 bridgehead atoms. The normalized spacial score (nSPS) is 13.3. The lowest BCUT2D eigenvalue weighted by Crippen LogP contribution is -2.25. The lowest BCUT2D eigenvalue weighted by Gasteiger charge is -2.21. The Labute approximate surface area is 92.1 Å². The highest BCUT2D eigenvalue weighted by atomic mass is 16.3. The van der Waals surface area contributed by atoms with Gasteiger partial charge in [-0.15, -0.1) is 0 Å². The second kappa shape index (κ2) is 3.63. The third-order valence-electron chi connectivity index (χ3n) is 2.74. The largest absolute Gasteiger partial charge is 0.395 e. The second-order valence-corrected chi connectivity index (χ2v) is 5.83. The fourth-order valence-corrected chi connectivity index (χ4v) is 1.55. The van der Waals surface area contributed by atoms with E-state index in [0.717, 1.165) is 11.4 Å². The summed E-state index contributed by atoms with van der Waals surface area (Å²) < 4.78 is 1.87. The minimum atomic E-state index is -0.231. The van der Waals surface area contributed by atoms with E-state index in [1.54, 1.807) is 0 Å². The topological polar surface area (TPSA) is 38.0 Å². The van der Waals surface area contributed by atoms with Gasteiger partial charge in [-0.3, -0.25) is 4.68 Å². The third-order valence-corrected chi connectivity index (χ3v) is 2.74. The van der Waals surface area contributed by atoms with E-state index in [0.29, 0.717) is 0 Å². The van der Waals surface area contributed by atoms with E-state index < -0.39 is 0 Å². The standard InChI is InChI=1S/C12H22N2O/c1-11(2,3)9-7-10(14(6)13-9)12(4,5)8-15/h7,15H,8H2,1-6H3. The molecule has 1 aromatic rings. The van der Waals surface area contributed by atoms with Crippen LogP contribution in [0.15, 0.2) is 6.07 Å². The Kier molecular flexibility index (Phi) is 2.97. The van der Waals surface area contributed by atoms with Crippen molar-refractivity contribution in [3.63, 3.8) is 0 Å². The fraction of sp³-hybridized carbons (Fsp3) is 0.750. The maximum Gasteiger partial charge on any atom is 0.0681 e. The first kappa shape index (κ1) is 12.2.